The molecule has 9 heteroatoms. The molecule has 1 aromatic heterocycles. The Morgan fingerprint density at radius 3 is 2.56 bits per heavy atom. The lowest BCUT2D eigenvalue weighted by Gasteiger charge is -2.15. The zero-order valence-electron chi connectivity index (χ0n) is 15.7. The van der Waals surface area contributed by atoms with Gasteiger partial charge in [-0.15, -0.1) is 37.2 Å². The fourth-order valence-corrected chi connectivity index (χ4v) is 2.37. The molecule has 0 spiro atoms. The Balaban J connectivity index is 0. The molecule has 1 aromatic carbocycles. The van der Waals surface area contributed by atoms with Crippen LogP contribution in [0.25, 0.3) is 0 Å². The van der Waals surface area contributed by atoms with Crippen molar-refractivity contribution in [1.82, 2.24) is 19.8 Å². The van der Waals surface area contributed by atoms with Crippen molar-refractivity contribution in [3.8, 4) is 0 Å². The standard InChI is InChI=1S/C18H27N5O.3ClH/c1-3-22(2)10-9-20-18(24)17(19)11-16-13-23(14-21-16)12-15-7-5-4-6-8-15;;;/h4-8,13-14,17H,3,9-12,19H2,1-2H3,(H,20,24);3*1H/t17-;;;/m0.../s1. The molecule has 0 aliphatic heterocycles. The van der Waals surface area contributed by atoms with E-state index in [1.165, 1.54) is 5.56 Å². The molecule has 0 aliphatic rings. The van der Waals surface area contributed by atoms with Gasteiger partial charge in [0.05, 0.1) is 18.1 Å². The minimum atomic E-state index is -0.572. The van der Waals surface area contributed by atoms with Crippen LogP contribution in [0.5, 0.6) is 0 Å². The zero-order valence-corrected chi connectivity index (χ0v) is 18.2. The highest BCUT2D eigenvalue weighted by atomic mass is 35.5. The Kier molecular flexibility index (Phi) is 15.2. The van der Waals surface area contributed by atoms with Crippen molar-refractivity contribution < 1.29 is 4.79 Å². The number of amides is 1. The molecule has 1 heterocycles. The van der Waals surface area contributed by atoms with E-state index in [4.69, 9.17) is 5.73 Å². The van der Waals surface area contributed by atoms with Crippen molar-refractivity contribution in [1.29, 1.82) is 0 Å². The third-order valence-corrected chi connectivity index (χ3v) is 3.99. The van der Waals surface area contributed by atoms with Gasteiger partial charge in [0, 0.05) is 32.3 Å². The molecule has 1 amide bonds. The number of hydrogen-bond acceptors (Lipinski definition) is 4. The van der Waals surface area contributed by atoms with E-state index in [0.717, 1.165) is 25.3 Å². The molecule has 154 valence electrons. The van der Waals surface area contributed by atoms with E-state index in [1.807, 2.05) is 36.0 Å². The van der Waals surface area contributed by atoms with Gasteiger partial charge in [0.25, 0.3) is 0 Å². The van der Waals surface area contributed by atoms with Gasteiger partial charge in [-0.25, -0.2) is 4.98 Å². The van der Waals surface area contributed by atoms with Crippen LogP contribution < -0.4 is 11.1 Å². The molecule has 3 N–H and O–H groups in total. The van der Waals surface area contributed by atoms with Crippen molar-refractivity contribution >= 4 is 43.1 Å². The number of carbonyl (C=O) groups excluding carboxylic acids is 1. The highest BCUT2D eigenvalue weighted by Crippen LogP contribution is 2.05. The maximum Gasteiger partial charge on any atom is 0.237 e. The third-order valence-electron chi connectivity index (χ3n) is 3.99. The van der Waals surface area contributed by atoms with Crippen molar-refractivity contribution in [3.05, 3.63) is 54.1 Å². The number of nitrogens with one attached hydrogen (secondary N) is 1. The van der Waals surface area contributed by atoms with Gasteiger partial charge in [0.2, 0.25) is 5.91 Å². The maximum atomic E-state index is 12.0. The number of benzene rings is 1. The van der Waals surface area contributed by atoms with Crippen LogP contribution in [0.4, 0.5) is 0 Å². The smallest absolute Gasteiger partial charge is 0.237 e. The van der Waals surface area contributed by atoms with Gasteiger partial charge in [0.1, 0.15) is 0 Å². The van der Waals surface area contributed by atoms with Gasteiger partial charge in [-0.2, -0.15) is 0 Å². The lowest BCUT2D eigenvalue weighted by atomic mass is 10.1. The van der Waals surface area contributed by atoms with Crippen molar-refractivity contribution in [2.24, 2.45) is 5.73 Å². The van der Waals surface area contributed by atoms with Crippen LogP contribution in [-0.4, -0.2) is 53.1 Å². The number of carbonyl (C=O) groups is 1. The summed E-state index contributed by atoms with van der Waals surface area (Å²) in [6.45, 7) is 5.23. The second-order valence-electron chi connectivity index (χ2n) is 6.02. The number of halogens is 3. The van der Waals surface area contributed by atoms with Crippen molar-refractivity contribution in [2.45, 2.75) is 25.9 Å². The number of nitrogens with zero attached hydrogens (tertiary/aromatic N) is 3. The van der Waals surface area contributed by atoms with Gasteiger partial charge in [-0.1, -0.05) is 37.3 Å². The Bertz CT molecular complexity index is 639. The van der Waals surface area contributed by atoms with E-state index in [-0.39, 0.29) is 43.1 Å². The summed E-state index contributed by atoms with van der Waals surface area (Å²) in [5, 5.41) is 2.87. The van der Waals surface area contributed by atoms with Crippen LogP contribution in [0.3, 0.4) is 0 Å². The Morgan fingerprint density at radius 2 is 1.93 bits per heavy atom. The van der Waals surface area contributed by atoms with E-state index in [9.17, 15) is 4.79 Å². The van der Waals surface area contributed by atoms with Gasteiger partial charge in [-0.05, 0) is 19.2 Å². The normalized spacial score (nSPS) is 11.0. The monoisotopic (exact) mass is 437 g/mol. The van der Waals surface area contributed by atoms with E-state index in [1.54, 1.807) is 6.33 Å². The Hall–Kier alpha value is -1.31. The molecule has 6 nitrogen and oxygen atoms in total. The summed E-state index contributed by atoms with van der Waals surface area (Å²) in [5.41, 5.74) is 8.03. The van der Waals surface area contributed by atoms with E-state index in [2.05, 4.69) is 34.3 Å². The van der Waals surface area contributed by atoms with Crippen LogP contribution in [0.1, 0.15) is 18.2 Å². The first-order valence-corrected chi connectivity index (χ1v) is 8.35. The van der Waals surface area contributed by atoms with Crippen molar-refractivity contribution in [2.75, 3.05) is 26.7 Å². The van der Waals surface area contributed by atoms with Gasteiger partial charge >= 0.3 is 0 Å². The molecule has 0 unspecified atom stereocenters. The molecule has 0 aliphatic carbocycles. The second-order valence-corrected chi connectivity index (χ2v) is 6.02. The van der Waals surface area contributed by atoms with E-state index >= 15 is 0 Å². The van der Waals surface area contributed by atoms with Crippen LogP contribution >= 0.6 is 37.2 Å². The molecule has 0 saturated carbocycles. The second kappa shape index (κ2) is 14.7. The van der Waals surface area contributed by atoms with Crippen LogP contribution in [0, 0.1) is 0 Å². The topological polar surface area (TPSA) is 76.2 Å². The van der Waals surface area contributed by atoms with Gasteiger partial charge in [-0.3, -0.25) is 4.79 Å². The highest BCUT2D eigenvalue weighted by molar-refractivity contribution is 5.86. The molecule has 0 radical (unpaired) electrons. The molecule has 0 bridgehead atoms. The number of hydrogen-bond donors (Lipinski definition) is 2. The van der Waals surface area contributed by atoms with Crippen LogP contribution in [0.2, 0.25) is 0 Å². The SMILES string of the molecule is CCN(C)CCNC(=O)[C@@H](N)Cc1cn(Cc2ccccc2)cn1.Cl.Cl.Cl. The minimum absolute atomic E-state index is 0. The highest BCUT2D eigenvalue weighted by Gasteiger charge is 2.15. The molecule has 1 atom stereocenters. The van der Waals surface area contributed by atoms with Crippen molar-refractivity contribution in [3.63, 3.8) is 0 Å². The van der Waals surface area contributed by atoms with Gasteiger partial charge in [0.15, 0.2) is 0 Å². The fourth-order valence-electron chi connectivity index (χ4n) is 2.37. The first-order chi connectivity index (χ1) is 11.6. The molecule has 2 aromatic rings. The lowest BCUT2D eigenvalue weighted by Crippen LogP contribution is -2.44. The summed E-state index contributed by atoms with van der Waals surface area (Å²) in [6.07, 6.45) is 4.17. The summed E-state index contributed by atoms with van der Waals surface area (Å²) in [5.74, 6) is -0.128. The largest absolute Gasteiger partial charge is 0.353 e. The average molecular weight is 439 g/mol. The fraction of sp³-hybridized carbons (Fsp3) is 0.444. The Labute approximate surface area is 180 Å². The number of nitrogens with two attached hydrogens (primary N) is 1. The van der Waals surface area contributed by atoms with Crippen LogP contribution in [-0.2, 0) is 17.8 Å². The van der Waals surface area contributed by atoms with Crippen LogP contribution in [0.15, 0.2) is 42.9 Å². The number of aromatic nitrogens is 2. The zero-order chi connectivity index (χ0) is 17.4. The molecule has 27 heavy (non-hydrogen) atoms. The number of rotatable bonds is 9. The summed E-state index contributed by atoms with van der Waals surface area (Å²) < 4.78 is 2.01. The van der Waals surface area contributed by atoms with E-state index < -0.39 is 6.04 Å². The minimum Gasteiger partial charge on any atom is -0.353 e. The summed E-state index contributed by atoms with van der Waals surface area (Å²) in [4.78, 5) is 18.5. The average Bonchev–Trinajstić information content (AvgIpc) is 3.02. The summed E-state index contributed by atoms with van der Waals surface area (Å²) in [6, 6.07) is 9.61. The summed E-state index contributed by atoms with van der Waals surface area (Å²) in [7, 11) is 2.02. The first-order valence-electron chi connectivity index (χ1n) is 8.35. The Morgan fingerprint density at radius 1 is 1.26 bits per heavy atom. The number of imidazole rings is 1. The first kappa shape index (κ1) is 27.9. The third kappa shape index (κ3) is 9.98. The number of likely N-dealkylation sites (N-methyl/N-ethyl adjacent to an activating group) is 1. The molecule has 0 fully saturated rings. The molecule has 0 saturated heterocycles. The maximum absolute atomic E-state index is 12.0. The predicted octanol–water partition coefficient (Wildman–Crippen LogP) is 2.13. The quantitative estimate of drug-likeness (QED) is 0.629. The molecular formula is C18H30Cl3N5O. The van der Waals surface area contributed by atoms with E-state index in [0.29, 0.717) is 13.0 Å². The lowest BCUT2D eigenvalue weighted by molar-refractivity contribution is -0.122. The molecular weight excluding hydrogens is 409 g/mol. The van der Waals surface area contributed by atoms with Gasteiger partial charge < -0.3 is 20.5 Å². The predicted molar refractivity (Wildman–Crippen MR) is 117 cm³/mol. The molecule has 2 rings (SSSR count). The summed E-state index contributed by atoms with van der Waals surface area (Å²) >= 11 is 0.